The minimum absolute atomic E-state index is 0.429. The van der Waals surface area contributed by atoms with E-state index in [-0.39, 0.29) is 0 Å². The average molecular weight is 516 g/mol. The SMILES string of the molecule is Cc1ccc(Cn2cc(NC(=S)Nc3nn(Cc4ccccc4Cl)cc3Br)cn2)cc1. The van der Waals surface area contributed by atoms with Crippen LogP contribution in [0.25, 0.3) is 0 Å². The van der Waals surface area contributed by atoms with Crippen molar-refractivity contribution in [1.29, 1.82) is 0 Å². The van der Waals surface area contributed by atoms with Crippen LogP contribution in [0, 0.1) is 6.92 Å². The first-order valence-corrected chi connectivity index (χ1v) is 11.2. The van der Waals surface area contributed by atoms with E-state index < -0.39 is 0 Å². The summed E-state index contributed by atoms with van der Waals surface area (Å²) in [6.07, 6.45) is 5.54. The molecule has 0 aliphatic heterocycles. The van der Waals surface area contributed by atoms with Crippen molar-refractivity contribution in [3.05, 3.63) is 93.3 Å². The third-order valence-electron chi connectivity index (χ3n) is 4.60. The number of nitrogens with zero attached hydrogens (tertiary/aromatic N) is 4. The summed E-state index contributed by atoms with van der Waals surface area (Å²) < 4.78 is 4.47. The molecule has 2 aromatic heterocycles. The lowest BCUT2D eigenvalue weighted by atomic mass is 10.1. The Hall–Kier alpha value is -2.68. The van der Waals surface area contributed by atoms with Crippen molar-refractivity contribution in [1.82, 2.24) is 19.6 Å². The Morgan fingerprint density at radius 3 is 2.58 bits per heavy atom. The van der Waals surface area contributed by atoms with Crippen LogP contribution in [0.1, 0.15) is 16.7 Å². The summed E-state index contributed by atoms with van der Waals surface area (Å²) >= 11 is 15.2. The molecular weight excluding hydrogens is 496 g/mol. The summed E-state index contributed by atoms with van der Waals surface area (Å²) in [7, 11) is 0. The molecule has 0 aliphatic carbocycles. The van der Waals surface area contributed by atoms with Gasteiger partial charge in [-0.1, -0.05) is 59.6 Å². The summed E-state index contributed by atoms with van der Waals surface area (Å²) in [5.74, 6) is 0.622. The maximum atomic E-state index is 6.25. The maximum Gasteiger partial charge on any atom is 0.176 e. The zero-order chi connectivity index (χ0) is 21.8. The highest BCUT2D eigenvalue weighted by molar-refractivity contribution is 9.10. The molecule has 4 aromatic rings. The minimum atomic E-state index is 0.429. The van der Waals surface area contributed by atoms with E-state index in [4.69, 9.17) is 23.8 Å². The summed E-state index contributed by atoms with van der Waals surface area (Å²) in [5, 5.41) is 16.3. The van der Waals surface area contributed by atoms with Gasteiger partial charge in [0.25, 0.3) is 0 Å². The summed E-state index contributed by atoms with van der Waals surface area (Å²) in [6.45, 7) is 3.33. The number of halogens is 2. The van der Waals surface area contributed by atoms with E-state index in [2.05, 4.69) is 68.0 Å². The molecule has 0 atom stereocenters. The van der Waals surface area contributed by atoms with Gasteiger partial charge in [-0.15, -0.1) is 0 Å². The Morgan fingerprint density at radius 1 is 1.03 bits per heavy atom. The zero-order valence-corrected chi connectivity index (χ0v) is 19.9. The first-order chi connectivity index (χ1) is 15.0. The number of aromatic nitrogens is 4. The Balaban J connectivity index is 1.36. The quantitative estimate of drug-likeness (QED) is 0.322. The third kappa shape index (κ3) is 5.72. The summed E-state index contributed by atoms with van der Waals surface area (Å²) in [6, 6.07) is 16.1. The van der Waals surface area contributed by atoms with Gasteiger partial charge in [0.15, 0.2) is 10.9 Å². The first kappa shape index (κ1) is 21.5. The Kier molecular flexibility index (Phi) is 6.70. The van der Waals surface area contributed by atoms with E-state index in [0.717, 1.165) is 15.7 Å². The Bertz CT molecular complexity index is 1200. The Morgan fingerprint density at radius 2 is 1.81 bits per heavy atom. The molecule has 2 heterocycles. The van der Waals surface area contributed by atoms with Gasteiger partial charge in [0.05, 0.1) is 29.4 Å². The van der Waals surface area contributed by atoms with Crippen molar-refractivity contribution in [2.45, 2.75) is 20.0 Å². The molecule has 0 fully saturated rings. The van der Waals surface area contributed by atoms with E-state index in [9.17, 15) is 0 Å². The number of nitrogens with one attached hydrogen (secondary N) is 2. The molecule has 0 bridgehead atoms. The molecule has 158 valence electrons. The zero-order valence-electron chi connectivity index (χ0n) is 16.7. The molecule has 0 saturated heterocycles. The van der Waals surface area contributed by atoms with Gasteiger partial charge in [-0.05, 0) is 52.3 Å². The lowest BCUT2D eigenvalue weighted by Crippen LogP contribution is -2.19. The van der Waals surface area contributed by atoms with Crippen LogP contribution in [0.15, 0.2) is 71.6 Å². The van der Waals surface area contributed by atoms with Crippen molar-refractivity contribution in [3.8, 4) is 0 Å². The Labute approximate surface area is 199 Å². The highest BCUT2D eigenvalue weighted by atomic mass is 79.9. The molecule has 2 N–H and O–H groups in total. The highest BCUT2D eigenvalue weighted by Crippen LogP contribution is 2.23. The van der Waals surface area contributed by atoms with Crippen molar-refractivity contribution in [3.63, 3.8) is 0 Å². The molecule has 9 heteroatoms. The number of benzene rings is 2. The number of hydrogen-bond donors (Lipinski definition) is 2. The van der Waals surface area contributed by atoms with Crippen LogP contribution in [0.4, 0.5) is 11.5 Å². The third-order valence-corrected chi connectivity index (χ3v) is 5.75. The topological polar surface area (TPSA) is 59.7 Å². The van der Waals surface area contributed by atoms with Crippen LogP contribution in [0.3, 0.4) is 0 Å². The van der Waals surface area contributed by atoms with Gasteiger partial charge in [0, 0.05) is 17.4 Å². The van der Waals surface area contributed by atoms with Crippen molar-refractivity contribution < 1.29 is 0 Å². The molecule has 0 saturated carbocycles. The van der Waals surface area contributed by atoms with E-state index in [1.807, 2.05) is 41.3 Å². The summed E-state index contributed by atoms with van der Waals surface area (Å²) in [4.78, 5) is 0. The minimum Gasteiger partial charge on any atom is -0.330 e. The monoisotopic (exact) mass is 514 g/mol. The lowest BCUT2D eigenvalue weighted by molar-refractivity contribution is 0.687. The molecule has 0 amide bonds. The molecular formula is C22H20BrClN6S. The molecule has 6 nitrogen and oxygen atoms in total. The number of thiocarbonyl (C=S) groups is 1. The van der Waals surface area contributed by atoms with Gasteiger partial charge in [0.2, 0.25) is 0 Å². The number of rotatable bonds is 6. The van der Waals surface area contributed by atoms with Crippen LogP contribution >= 0.6 is 39.7 Å². The van der Waals surface area contributed by atoms with E-state index in [1.165, 1.54) is 11.1 Å². The molecule has 2 aromatic carbocycles. The van der Waals surface area contributed by atoms with Gasteiger partial charge < -0.3 is 10.6 Å². The van der Waals surface area contributed by atoms with Crippen LogP contribution in [-0.4, -0.2) is 24.7 Å². The van der Waals surface area contributed by atoms with Crippen molar-refractivity contribution in [2.75, 3.05) is 10.6 Å². The highest BCUT2D eigenvalue weighted by Gasteiger charge is 2.10. The normalized spacial score (nSPS) is 10.8. The second kappa shape index (κ2) is 9.64. The van der Waals surface area contributed by atoms with E-state index in [0.29, 0.717) is 29.0 Å². The van der Waals surface area contributed by atoms with Crippen LogP contribution < -0.4 is 10.6 Å². The molecule has 0 unspecified atom stereocenters. The van der Waals surface area contributed by atoms with Gasteiger partial charge >= 0.3 is 0 Å². The van der Waals surface area contributed by atoms with Crippen LogP contribution in [0.2, 0.25) is 5.02 Å². The van der Waals surface area contributed by atoms with Gasteiger partial charge in [-0.2, -0.15) is 10.2 Å². The second-order valence-corrected chi connectivity index (χ2v) is 8.78. The van der Waals surface area contributed by atoms with Crippen molar-refractivity contribution in [2.24, 2.45) is 0 Å². The van der Waals surface area contributed by atoms with Crippen LogP contribution in [-0.2, 0) is 13.1 Å². The van der Waals surface area contributed by atoms with Crippen molar-refractivity contribution >= 4 is 56.4 Å². The van der Waals surface area contributed by atoms with E-state index >= 15 is 0 Å². The molecule has 31 heavy (non-hydrogen) atoms. The van der Waals surface area contributed by atoms with Gasteiger partial charge in [0.1, 0.15) is 0 Å². The van der Waals surface area contributed by atoms with Crippen LogP contribution in [0.5, 0.6) is 0 Å². The fourth-order valence-corrected chi connectivity index (χ4v) is 3.85. The largest absolute Gasteiger partial charge is 0.330 e. The fourth-order valence-electron chi connectivity index (χ4n) is 3.03. The maximum absolute atomic E-state index is 6.25. The van der Waals surface area contributed by atoms with Gasteiger partial charge in [-0.3, -0.25) is 9.36 Å². The number of aryl methyl sites for hydroxylation is 1. The molecule has 4 rings (SSSR count). The lowest BCUT2D eigenvalue weighted by Gasteiger charge is -2.07. The van der Waals surface area contributed by atoms with Gasteiger partial charge in [-0.25, -0.2) is 0 Å². The number of anilines is 2. The van der Waals surface area contributed by atoms with E-state index in [1.54, 1.807) is 10.9 Å². The molecule has 0 radical (unpaired) electrons. The summed E-state index contributed by atoms with van der Waals surface area (Å²) in [5.41, 5.74) is 4.22. The smallest absolute Gasteiger partial charge is 0.176 e. The second-order valence-electron chi connectivity index (χ2n) is 7.11. The first-order valence-electron chi connectivity index (χ1n) is 9.58. The predicted molar refractivity (Wildman–Crippen MR) is 133 cm³/mol. The molecule has 0 spiro atoms. The number of hydrogen-bond acceptors (Lipinski definition) is 3. The predicted octanol–water partition coefficient (Wildman–Crippen LogP) is 5.71. The average Bonchev–Trinajstić information content (AvgIpc) is 3.31. The standard InChI is InChI=1S/C22H20BrClN6S/c1-15-6-8-16(9-7-15)11-29-13-18(10-25-29)26-22(31)27-21-19(23)14-30(28-21)12-17-4-2-3-5-20(17)24/h2-10,13-14H,11-12H2,1H3,(H2,26,27,28,31). The molecule has 0 aliphatic rings. The fraction of sp³-hybridized carbons (Fsp3) is 0.136.